The SMILES string of the molecule is O=C(CCNS(=O)(=O)c1ccc(OC(F)(F)F)cc1)NCCc1ccccc1. The highest BCUT2D eigenvalue weighted by Gasteiger charge is 2.31. The van der Waals surface area contributed by atoms with Gasteiger partial charge < -0.3 is 10.1 Å². The summed E-state index contributed by atoms with van der Waals surface area (Å²) in [7, 11) is -3.95. The van der Waals surface area contributed by atoms with Gasteiger partial charge in [-0.25, -0.2) is 13.1 Å². The lowest BCUT2D eigenvalue weighted by atomic mass is 10.1. The van der Waals surface area contributed by atoms with Crippen LogP contribution in [0.15, 0.2) is 59.5 Å². The van der Waals surface area contributed by atoms with E-state index in [0.717, 1.165) is 29.8 Å². The molecule has 0 radical (unpaired) electrons. The molecule has 0 aliphatic rings. The molecule has 0 heterocycles. The van der Waals surface area contributed by atoms with Gasteiger partial charge in [-0.15, -0.1) is 13.2 Å². The number of amides is 1. The zero-order valence-electron chi connectivity index (χ0n) is 14.7. The summed E-state index contributed by atoms with van der Waals surface area (Å²) in [6, 6.07) is 13.3. The minimum absolute atomic E-state index is 0.0662. The molecule has 0 fully saturated rings. The predicted octanol–water partition coefficient (Wildman–Crippen LogP) is 2.61. The summed E-state index contributed by atoms with van der Waals surface area (Å²) in [6.45, 7) is 0.288. The second kappa shape index (κ2) is 9.56. The number of halogens is 3. The first kappa shape index (κ1) is 21.7. The molecule has 0 saturated heterocycles. The van der Waals surface area contributed by atoms with Gasteiger partial charge in [-0.3, -0.25) is 4.79 Å². The van der Waals surface area contributed by atoms with E-state index in [1.807, 2.05) is 30.3 Å². The van der Waals surface area contributed by atoms with Gasteiger partial charge in [-0.1, -0.05) is 30.3 Å². The third-order valence-corrected chi connectivity index (χ3v) is 5.07. The van der Waals surface area contributed by atoms with E-state index >= 15 is 0 Å². The van der Waals surface area contributed by atoms with E-state index in [2.05, 4.69) is 14.8 Å². The standard InChI is InChI=1S/C18H19F3N2O4S/c19-18(20,21)27-15-6-8-16(9-7-15)28(25,26)23-13-11-17(24)22-12-10-14-4-2-1-3-5-14/h1-9,23H,10-13H2,(H,22,24). The fraction of sp³-hybridized carbons (Fsp3) is 0.278. The van der Waals surface area contributed by atoms with Crippen LogP contribution in [-0.2, 0) is 21.2 Å². The molecule has 0 aromatic heterocycles. The summed E-state index contributed by atoms with van der Waals surface area (Å²) in [5.74, 6) is -0.836. The average Bonchev–Trinajstić information content (AvgIpc) is 2.61. The summed E-state index contributed by atoms with van der Waals surface area (Å²) >= 11 is 0. The van der Waals surface area contributed by atoms with Crippen LogP contribution in [0.3, 0.4) is 0 Å². The van der Waals surface area contributed by atoms with Crippen LogP contribution in [0.5, 0.6) is 5.75 Å². The largest absolute Gasteiger partial charge is 0.573 e. The van der Waals surface area contributed by atoms with Crippen molar-refractivity contribution < 1.29 is 31.1 Å². The van der Waals surface area contributed by atoms with Crippen molar-refractivity contribution in [3.8, 4) is 5.75 Å². The molecule has 6 nitrogen and oxygen atoms in total. The predicted molar refractivity (Wildman–Crippen MR) is 96.1 cm³/mol. The number of benzene rings is 2. The molecule has 0 bridgehead atoms. The van der Waals surface area contributed by atoms with Crippen LogP contribution in [0.4, 0.5) is 13.2 Å². The summed E-state index contributed by atoms with van der Waals surface area (Å²) in [5.41, 5.74) is 1.07. The zero-order valence-corrected chi connectivity index (χ0v) is 15.5. The van der Waals surface area contributed by atoms with Crippen LogP contribution in [-0.4, -0.2) is 33.8 Å². The van der Waals surface area contributed by atoms with Crippen LogP contribution >= 0.6 is 0 Å². The number of hydrogen-bond donors (Lipinski definition) is 2. The van der Waals surface area contributed by atoms with E-state index in [1.165, 1.54) is 0 Å². The first-order chi connectivity index (χ1) is 13.2. The number of nitrogens with one attached hydrogen (secondary N) is 2. The highest BCUT2D eigenvalue weighted by Crippen LogP contribution is 2.23. The third-order valence-electron chi connectivity index (χ3n) is 3.59. The minimum atomic E-state index is -4.85. The Morgan fingerprint density at radius 1 is 0.964 bits per heavy atom. The molecule has 0 spiro atoms. The Balaban J connectivity index is 1.75. The minimum Gasteiger partial charge on any atom is -0.406 e. The van der Waals surface area contributed by atoms with Gasteiger partial charge in [0.15, 0.2) is 0 Å². The smallest absolute Gasteiger partial charge is 0.406 e. The van der Waals surface area contributed by atoms with Crippen molar-refractivity contribution in [2.75, 3.05) is 13.1 Å². The van der Waals surface area contributed by atoms with E-state index in [-0.39, 0.29) is 23.8 Å². The highest BCUT2D eigenvalue weighted by atomic mass is 32.2. The van der Waals surface area contributed by atoms with E-state index in [1.54, 1.807) is 0 Å². The van der Waals surface area contributed by atoms with E-state index in [9.17, 15) is 26.4 Å². The number of alkyl halides is 3. The number of ether oxygens (including phenoxy) is 1. The molecule has 152 valence electrons. The molecule has 0 atom stereocenters. The molecule has 0 unspecified atom stereocenters. The monoisotopic (exact) mass is 416 g/mol. The molecule has 0 saturated carbocycles. The highest BCUT2D eigenvalue weighted by molar-refractivity contribution is 7.89. The Morgan fingerprint density at radius 3 is 2.21 bits per heavy atom. The van der Waals surface area contributed by atoms with Gasteiger partial charge in [0.1, 0.15) is 5.75 Å². The summed E-state index contributed by atoms with van der Waals surface area (Å²) in [6.07, 6.45) is -4.26. The molecule has 2 aromatic carbocycles. The van der Waals surface area contributed by atoms with Crippen molar-refractivity contribution in [2.45, 2.75) is 24.1 Å². The molecule has 2 N–H and O–H groups in total. The lowest BCUT2D eigenvalue weighted by Gasteiger charge is -2.10. The van der Waals surface area contributed by atoms with Crippen LogP contribution in [0.1, 0.15) is 12.0 Å². The second-order valence-electron chi connectivity index (χ2n) is 5.75. The second-order valence-corrected chi connectivity index (χ2v) is 7.52. The number of hydrogen-bond acceptors (Lipinski definition) is 4. The molecule has 1 amide bonds. The lowest BCUT2D eigenvalue weighted by molar-refractivity contribution is -0.274. The number of rotatable bonds is 9. The number of carbonyl (C=O) groups excluding carboxylic acids is 1. The Hall–Kier alpha value is -2.59. The van der Waals surface area contributed by atoms with Crippen molar-refractivity contribution in [1.82, 2.24) is 10.0 Å². The van der Waals surface area contributed by atoms with Gasteiger partial charge >= 0.3 is 6.36 Å². The van der Waals surface area contributed by atoms with Crippen LogP contribution < -0.4 is 14.8 Å². The topological polar surface area (TPSA) is 84.5 Å². The third kappa shape index (κ3) is 7.57. The molecule has 28 heavy (non-hydrogen) atoms. The molecule has 0 aliphatic heterocycles. The van der Waals surface area contributed by atoms with Crippen LogP contribution in [0, 0.1) is 0 Å². The van der Waals surface area contributed by atoms with Crippen molar-refractivity contribution in [3.05, 3.63) is 60.2 Å². The van der Waals surface area contributed by atoms with Crippen molar-refractivity contribution in [2.24, 2.45) is 0 Å². The Labute approximate surface area is 160 Å². The fourth-order valence-corrected chi connectivity index (χ4v) is 3.31. The Kier molecular flexibility index (Phi) is 7.41. The van der Waals surface area contributed by atoms with Crippen LogP contribution in [0.2, 0.25) is 0 Å². The molecule has 2 rings (SSSR count). The maximum atomic E-state index is 12.1. The normalized spacial score (nSPS) is 11.8. The lowest BCUT2D eigenvalue weighted by Crippen LogP contribution is -2.31. The molecule has 10 heteroatoms. The van der Waals surface area contributed by atoms with Gasteiger partial charge in [-0.2, -0.15) is 0 Å². The van der Waals surface area contributed by atoms with Gasteiger partial charge in [0.2, 0.25) is 15.9 Å². The fourth-order valence-electron chi connectivity index (χ4n) is 2.28. The summed E-state index contributed by atoms with van der Waals surface area (Å²) < 4.78 is 66.5. The summed E-state index contributed by atoms with van der Waals surface area (Å²) in [4.78, 5) is 11.5. The van der Waals surface area contributed by atoms with Gasteiger partial charge in [-0.05, 0) is 36.2 Å². The number of sulfonamides is 1. The van der Waals surface area contributed by atoms with Crippen LogP contribution in [0.25, 0.3) is 0 Å². The first-order valence-corrected chi connectivity index (χ1v) is 9.80. The average molecular weight is 416 g/mol. The van der Waals surface area contributed by atoms with E-state index < -0.39 is 22.1 Å². The molecule has 0 aliphatic carbocycles. The Morgan fingerprint density at radius 2 is 1.61 bits per heavy atom. The van der Waals surface area contributed by atoms with Gasteiger partial charge in [0, 0.05) is 19.5 Å². The first-order valence-electron chi connectivity index (χ1n) is 8.32. The quantitative estimate of drug-likeness (QED) is 0.658. The molecular weight excluding hydrogens is 397 g/mol. The molecular formula is C18H19F3N2O4S. The van der Waals surface area contributed by atoms with E-state index in [0.29, 0.717) is 13.0 Å². The Bertz CT molecular complexity index is 870. The van der Waals surface area contributed by atoms with Crippen molar-refractivity contribution >= 4 is 15.9 Å². The maximum absolute atomic E-state index is 12.1. The summed E-state index contributed by atoms with van der Waals surface area (Å²) in [5, 5.41) is 2.69. The zero-order chi connectivity index (χ0) is 20.6. The van der Waals surface area contributed by atoms with Crippen molar-refractivity contribution in [3.63, 3.8) is 0 Å². The maximum Gasteiger partial charge on any atom is 0.573 e. The van der Waals surface area contributed by atoms with Crippen molar-refractivity contribution in [1.29, 1.82) is 0 Å². The molecule has 2 aromatic rings. The van der Waals surface area contributed by atoms with Gasteiger partial charge in [0.05, 0.1) is 4.90 Å². The number of carbonyl (C=O) groups is 1. The van der Waals surface area contributed by atoms with Gasteiger partial charge in [0.25, 0.3) is 0 Å². The van der Waals surface area contributed by atoms with E-state index in [4.69, 9.17) is 0 Å².